The molecule has 4 heteroatoms. The van der Waals surface area contributed by atoms with E-state index >= 15 is 0 Å². The maximum absolute atomic E-state index is 12.5. The lowest BCUT2D eigenvalue weighted by molar-refractivity contribution is 0.102. The summed E-state index contributed by atoms with van der Waals surface area (Å²) in [4.78, 5) is 12.5. The first kappa shape index (κ1) is 14.1. The molecule has 2 N–H and O–H groups in total. The second kappa shape index (κ2) is 5.88. The molecular weight excluding hydrogens is 284 g/mol. The molecule has 3 nitrogen and oxygen atoms in total. The highest BCUT2D eigenvalue weighted by atomic mass is 35.5. The summed E-state index contributed by atoms with van der Waals surface area (Å²) in [5.41, 5.74) is 4.91. The number of benzene rings is 2. The molecule has 0 aromatic heterocycles. The van der Waals surface area contributed by atoms with Crippen LogP contribution in [0, 0.1) is 6.92 Å². The highest BCUT2D eigenvalue weighted by Gasteiger charge is 2.15. The Morgan fingerprint density at radius 2 is 2.14 bits per heavy atom. The van der Waals surface area contributed by atoms with Gasteiger partial charge in [0.2, 0.25) is 0 Å². The number of fused-ring (bicyclic) bond motifs is 1. The number of anilines is 1. The van der Waals surface area contributed by atoms with Crippen LogP contribution in [0.15, 0.2) is 36.4 Å². The molecule has 0 unspecified atom stereocenters. The van der Waals surface area contributed by atoms with Gasteiger partial charge in [-0.15, -0.1) is 0 Å². The summed E-state index contributed by atoms with van der Waals surface area (Å²) in [6.07, 6.45) is 0.999. The van der Waals surface area contributed by atoms with Crippen LogP contribution < -0.4 is 10.6 Å². The minimum absolute atomic E-state index is 0.0943. The molecule has 0 radical (unpaired) electrons. The molecule has 0 fully saturated rings. The quantitative estimate of drug-likeness (QED) is 0.890. The highest BCUT2D eigenvalue weighted by molar-refractivity contribution is 6.30. The molecule has 2 aromatic carbocycles. The van der Waals surface area contributed by atoms with Gasteiger partial charge in [-0.1, -0.05) is 23.7 Å². The third-order valence-electron chi connectivity index (χ3n) is 3.83. The van der Waals surface area contributed by atoms with Crippen molar-refractivity contribution in [3.63, 3.8) is 0 Å². The van der Waals surface area contributed by atoms with E-state index in [-0.39, 0.29) is 5.91 Å². The van der Waals surface area contributed by atoms with Crippen LogP contribution in [-0.2, 0) is 13.0 Å². The van der Waals surface area contributed by atoms with E-state index in [1.807, 2.05) is 19.1 Å². The monoisotopic (exact) mass is 300 g/mol. The Kier molecular flexibility index (Phi) is 3.95. The van der Waals surface area contributed by atoms with Gasteiger partial charge in [-0.3, -0.25) is 4.79 Å². The molecule has 0 atom stereocenters. The van der Waals surface area contributed by atoms with Crippen LogP contribution >= 0.6 is 11.6 Å². The van der Waals surface area contributed by atoms with Crippen LogP contribution in [0.2, 0.25) is 5.02 Å². The van der Waals surface area contributed by atoms with Crippen molar-refractivity contribution < 1.29 is 4.79 Å². The van der Waals surface area contributed by atoms with Crippen molar-refractivity contribution in [2.75, 3.05) is 11.9 Å². The molecule has 0 bridgehead atoms. The fraction of sp³-hybridized carbons (Fsp3) is 0.235. The number of rotatable bonds is 2. The van der Waals surface area contributed by atoms with Crippen LogP contribution in [0.25, 0.3) is 0 Å². The Labute approximate surface area is 129 Å². The zero-order valence-electron chi connectivity index (χ0n) is 11.9. The summed E-state index contributed by atoms with van der Waals surface area (Å²) in [5, 5.41) is 7.01. The molecule has 21 heavy (non-hydrogen) atoms. The lowest BCUT2D eigenvalue weighted by Gasteiger charge is -2.20. The van der Waals surface area contributed by atoms with Crippen molar-refractivity contribution in [1.29, 1.82) is 0 Å². The van der Waals surface area contributed by atoms with Crippen molar-refractivity contribution in [2.45, 2.75) is 19.9 Å². The lowest BCUT2D eigenvalue weighted by atomic mass is 9.99. The average Bonchev–Trinajstić information content (AvgIpc) is 2.47. The van der Waals surface area contributed by atoms with Gasteiger partial charge >= 0.3 is 0 Å². The number of aryl methyl sites for hydroxylation is 1. The topological polar surface area (TPSA) is 41.1 Å². The number of amides is 1. The average molecular weight is 301 g/mol. The van der Waals surface area contributed by atoms with Gasteiger partial charge in [-0.05, 0) is 60.8 Å². The standard InChI is InChI=1S/C17H17ClN2O/c1-11-9-13(18)5-6-14(11)17(21)20-16-4-2-3-12-7-8-19-10-15(12)16/h2-6,9,19H,7-8,10H2,1H3,(H,20,21). The van der Waals surface area contributed by atoms with Crippen LogP contribution in [-0.4, -0.2) is 12.5 Å². The maximum Gasteiger partial charge on any atom is 0.255 e. The van der Waals surface area contributed by atoms with Gasteiger partial charge in [-0.25, -0.2) is 0 Å². The fourth-order valence-corrected chi connectivity index (χ4v) is 2.93. The van der Waals surface area contributed by atoms with E-state index in [4.69, 9.17) is 11.6 Å². The SMILES string of the molecule is Cc1cc(Cl)ccc1C(=O)Nc1cccc2c1CNCC2. The predicted octanol–water partition coefficient (Wildman–Crippen LogP) is 3.55. The fourth-order valence-electron chi connectivity index (χ4n) is 2.70. The van der Waals surface area contributed by atoms with Gasteiger partial charge in [0.1, 0.15) is 0 Å². The minimum atomic E-state index is -0.0943. The summed E-state index contributed by atoms with van der Waals surface area (Å²) in [5.74, 6) is -0.0943. The molecule has 0 saturated carbocycles. The summed E-state index contributed by atoms with van der Waals surface area (Å²) >= 11 is 5.94. The summed E-state index contributed by atoms with van der Waals surface area (Å²) in [7, 11) is 0. The molecule has 1 amide bonds. The van der Waals surface area contributed by atoms with E-state index in [0.29, 0.717) is 10.6 Å². The van der Waals surface area contributed by atoms with Crippen LogP contribution in [0.4, 0.5) is 5.69 Å². The lowest BCUT2D eigenvalue weighted by Crippen LogP contribution is -2.25. The number of hydrogen-bond donors (Lipinski definition) is 2. The van der Waals surface area contributed by atoms with Crippen LogP contribution in [0.5, 0.6) is 0 Å². The molecule has 2 aromatic rings. The number of hydrogen-bond acceptors (Lipinski definition) is 2. The van der Waals surface area contributed by atoms with Crippen LogP contribution in [0.1, 0.15) is 27.0 Å². The van der Waals surface area contributed by atoms with Crippen molar-refractivity contribution >= 4 is 23.2 Å². The van der Waals surface area contributed by atoms with E-state index in [1.54, 1.807) is 18.2 Å². The zero-order valence-corrected chi connectivity index (χ0v) is 12.6. The molecule has 1 aliphatic rings. The van der Waals surface area contributed by atoms with Crippen LogP contribution in [0.3, 0.4) is 0 Å². The number of halogens is 1. The third kappa shape index (κ3) is 2.94. The van der Waals surface area contributed by atoms with Crippen molar-refractivity contribution in [3.8, 4) is 0 Å². The largest absolute Gasteiger partial charge is 0.322 e. The Morgan fingerprint density at radius 3 is 2.95 bits per heavy atom. The van der Waals surface area contributed by atoms with E-state index in [2.05, 4.69) is 16.7 Å². The van der Waals surface area contributed by atoms with Crippen molar-refractivity contribution in [3.05, 3.63) is 63.7 Å². The first-order valence-corrected chi connectivity index (χ1v) is 7.42. The first-order valence-electron chi connectivity index (χ1n) is 7.04. The van der Waals surface area contributed by atoms with Gasteiger partial charge in [-0.2, -0.15) is 0 Å². The minimum Gasteiger partial charge on any atom is -0.322 e. The summed E-state index contributed by atoms with van der Waals surface area (Å²) in [6.45, 7) is 3.68. The molecule has 0 aliphatic carbocycles. The second-order valence-corrected chi connectivity index (χ2v) is 5.72. The van der Waals surface area contributed by atoms with Gasteiger partial charge < -0.3 is 10.6 Å². The molecular formula is C17H17ClN2O. The molecule has 0 spiro atoms. The molecule has 1 aliphatic heterocycles. The van der Waals surface area contributed by atoms with E-state index in [1.165, 1.54) is 11.1 Å². The number of nitrogens with one attached hydrogen (secondary N) is 2. The van der Waals surface area contributed by atoms with Gasteiger partial charge in [0.15, 0.2) is 0 Å². The smallest absolute Gasteiger partial charge is 0.255 e. The number of carbonyl (C=O) groups excluding carboxylic acids is 1. The highest BCUT2D eigenvalue weighted by Crippen LogP contribution is 2.24. The molecule has 3 rings (SSSR count). The Bertz CT molecular complexity index is 697. The van der Waals surface area contributed by atoms with Gasteiger partial charge in [0, 0.05) is 22.8 Å². The molecule has 0 saturated heterocycles. The van der Waals surface area contributed by atoms with Crippen molar-refractivity contribution in [2.24, 2.45) is 0 Å². The first-order chi connectivity index (χ1) is 10.1. The van der Waals surface area contributed by atoms with Gasteiger partial charge in [0.05, 0.1) is 0 Å². The zero-order chi connectivity index (χ0) is 14.8. The Balaban J connectivity index is 1.88. The summed E-state index contributed by atoms with van der Waals surface area (Å²) in [6, 6.07) is 11.4. The Morgan fingerprint density at radius 1 is 1.29 bits per heavy atom. The molecule has 108 valence electrons. The van der Waals surface area contributed by atoms with E-state index < -0.39 is 0 Å². The second-order valence-electron chi connectivity index (χ2n) is 5.28. The predicted molar refractivity (Wildman–Crippen MR) is 86.0 cm³/mol. The maximum atomic E-state index is 12.5. The van der Waals surface area contributed by atoms with E-state index in [0.717, 1.165) is 30.8 Å². The van der Waals surface area contributed by atoms with Crippen molar-refractivity contribution in [1.82, 2.24) is 5.32 Å². The van der Waals surface area contributed by atoms with Gasteiger partial charge in [0.25, 0.3) is 5.91 Å². The third-order valence-corrected chi connectivity index (χ3v) is 4.06. The summed E-state index contributed by atoms with van der Waals surface area (Å²) < 4.78 is 0. The van der Waals surface area contributed by atoms with E-state index in [9.17, 15) is 4.79 Å². The number of carbonyl (C=O) groups is 1. The normalized spacial score (nSPS) is 13.6. The Hall–Kier alpha value is -1.84. The molecule has 1 heterocycles.